The summed E-state index contributed by atoms with van der Waals surface area (Å²) in [4.78, 5) is 0. The van der Waals surface area contributed by atoms with Crippen molar-refractivity contribution in [3.63, 3.8) is 0 Å². The third kappa shape index (κ3) is 1.88. The van der Waals surface area contributed by atoms with Crippen molar-refractivity contribution < 1.29 is 5.11 Å². The van der Waals surface area contributed by atoms with Gasteiger partial charge in [-0.25, -0.2) is 0 Å². The van der Waals surface area contributed by atoms with Crippen molar-refractivity contribution in [2.45, 2.75) is 6.10 Å². The molecule has 0 aromatic heterocycles. The van der Waals surface area contributed by atoms with Gasteiger partial charge in [-0.3, -0.25) is 0 Å². The molecule has 2 rings (SSSR count). The van der Waals surface area contributed by atoms with Gasteiger partial charge < -0.3 is 5.11 Å². The van der Waals surface area contributed by atoms with Crippen LogP contribution in [0.2, 0.25) is 0 Å². The van der Waals surface area contributed by atoms with Crippen molar-refractivity contribution in [2.75, 3.05) is 0 Å². The summed E-state index contributed by atoms with van der Waals surface area (Å²) in [6.45, 7) is 0. The van der Waals surface area contributed by atoms with Crippen LogP contribution in [0.1, 0.15) is 11.7 Å². The number of aliphatic hydroxyl groups is 1. The second-order valence-electron chi connectivity index (χ2n) is 3.08. The van der Waals surface area contributed by atoms with E-state index in [-0.39, 0.29) is 0 Å². The zero-order valence-electron chi connectivity index (χ0n) is 7.44. The Bertz CT molecular complexity index is 439. The van der Waals surface area contributed by atoms with E-state index in [9.17, 15) is 5.11 Å². The molecule has 0 saturated carbocycles. The third-order valence-electron chi connectivity index (χ3n) is 2.08. The Morgan fingerprint density at radius 3 is 2.86 bits per heavy atom. The molecule has 0 heterocycles. The molecule has 0 bridgehead atoms. The van der Waals surface area contributed by atoms with Gasteiger partial charge >= 0.3 is 0 Å². The molecule has 0 fully saturated rings. The summed E-state index contributed by atoms with van der Waals surface area (Å²) in [6.07, 6.45) is 4.96. The average Bonchev–Trinajstić information content (AvgIpc) is 2.69. The Morgan fingerprint density at radius 2 is 2.21 bits per heavy atom. The highest BCUT2D eigenvalue weighted by molar-refractivity contribution is 9.10. The van der Waals surface area contributed by atoms with E-state index in [2.05, 4.69) is 21.7 Å². The lowest BCUT2D eigenvalue weighted by atomic mass is 10.0. The van der Waals surface area contributed by atoms with Gasteiger partial charge in [-0.05, 0) is 29.8 Å². The second-order valence-corrected chi connectivity index (χ2v) is 4.00. The molecule has 1 unspecified atom stereocenters. The first-order valence-corrected chi connectivity index (χ1v) is 5.13. The van der Waals surface area contributed by atoms with Crippen LogP contribution in [-0.2, 0) is 0 Å². The van der Waals surface area contributed by atoms with Crippen molar-refractivity contribution in [2.24, 2.45) is 0 Å². The Labute approximate surface area is 91.2 Å². The summed E-state index contributed by atoms with van der Waals surface area (Å²) in [6, 6.07) is 7.65. The van der Waals surface area contributed by atoms with Crippen LogP contribution in [0, 0.1) is 0 Å². The van der Waals surface area contributed by atoms with Gasteiger partial charge in [0.15, 0.2) is 0 Å². The molecular weight excluding hydrogens is 240 g/mol. The standard InChI is InChI=1S/C12H9BrO/c13-11-7-3-6-10(8-11)12(14)9-4-1-2-5-9/h1-4,6-8,12,14H. The minimum atomic E-state index is -0.581. The molecule has 1 aromatic rings. The Kier molecular flexibility index (Phi) is 2.69. The molecule has 1 nitrogen and oxygen atoms in total. The second kappa shape index (κ2) is 3.97. The van der Waals surface area contributed by atoms with Crippen molar-refractivity contribution in [3.8, 4) is 0 Å². The lowest BCUT2D eigenvalue weighted by molar-refractivity contribution is 0.220. The first-order valence-electron chi connectivity index (χ1n) is 4.34. The van der Waals surface area contributed by atoms with E-state index in [1.54, 1.807) is 6.08 Å². The molecule has 0 aliphatic heterocycles. The van der Waals surface area contributed by atoms with Crippen molar-refractivity contribution in [1.82, 2.24) is 0 Å². The predicted molar refractivity (Wildman–Crippen MR) is 59.8 cm³/mol. The Hall–Kier alpha value is -1.08. The van der Waals surface area contributed by atoms with Crippen LogP contribution in [0.4, 0.5) is 0 Å². The molecule has 0 amide bonds. The maximum atomic E-state index is 9.95. The van der Waals surface area contributed by atoms with E-state index < -0.39 is 6.10 Å². The van der Waals surface area contributed by atoms with Gasteiger partial charge in [0.1, 0.15) is 6.10 Å². The quantitative estimate of drug-likeness (QED) is 0.798. The van der Waals surface area contributed by atoms with E-state index in [1.165, 1.54) is 0 Å². The van der Waals surface area contributed by atoms with Gasteiger partial charge in [-0.2, -0.15) is 0 Å². The lowest BCUT2D eigenvalue weighted by Gasteiger charge is -2.09. The van der Waals surface area contributed by atoms with E-state index in [4.69, 9.17) is 0 Å². The van der Waals surface area contributed by atoms with Gasteiger partial charge in [-0.1, -0.05) is 34.1 Å². The maximum absolute atomic E-state index is 9.95. The lowest BCUT2D eigenvalue weighted by Crippen LogP contribution is -1.97. The summed E-state index contributed by atoms with van der Waals surface area (Å²) in [5.74, 6) is 0. The topological polar surface area (TPSA) is 20.2 Å². The molecule has 0 spiro atoms. The molecule has 1 atom stereocenters. The molecular formula is C12H9BrO. The maximum Gasteiger partial charge on any atom is 0.111 e. The molecule has 0 radical (unpaired) electrons. The molecule has 1 aliphatic carbocycles. The van der Waals surface area contributed by atoms with Gasteiger partial charge in [0.2, 0.25) is 0 Å². The summed E-state index contributed by atoms with van der Waals surface area (Å²) < 4.78 is 0.973. The highest BCUT2D eigenvalue weighted by Gasteiger charge is 2.11. The van der Waals surface area contributed by atoms with E-state index >= 15 is 0 Å². The number of benzene rings is 1. The Balaban J connectivity index is 2.31. The van der Waals surface area contributed by atoms with E-state index in [1.807, 2.05) is 36.4 Å². The Morgan fingerprint density at radius 1 is 1.36 bits per heavy atom. The molecule has 0 saturated heterocycles. The van der Waals surface area contributed by atoms with Crippen LogP contribution in [0.5, 0.6) is 0 Å². The van der Waals surface area contributed by atoms with Crippen LogP contribution in [0.15, 0.2) is 58.3 Å². The van der Waals surface area contributed by atoms with Gasteiger partial charge in [0.05, 0.1) is 0 Å². The number of hydrogen-bond acceptors (Lipinski definition) is 1. The molecule has 1 aliphatic rings. The van der Waals surface area contributed by atoms with Crippen LogP contribution < -0.4 is 0 Å². The molecule has 70 valence electrons. The molecule has 1 N–H and O–H groups in total. The van der Waals surface area contributed by atoms with Gasteiger partial charge in [0.25, 0.3) is 0 Å². The summed E-state index contributed by atoms with van der Waals surface area (Å²) in [7, 11) is 0. The van der Waals surface area contributed by atoms with Crippen LogP contribution >= 0.6 is 15.9 Å². The first-order chi connectivity index (χ1) is 6.77. The predicted octanol–water partition coefficient (Wildman–Crippen LogP) is 3.13. The summed E-state index contributed by atoms with van der Waals surface area (Å²) in [5.41, 5.74) is 4.67. The number of hydrogen-bond donors (Lipinski definition) is 1. The largest absolute Gasteiger partial charge is 0.383 e. The fourth-order valence-electron chi connectivity index (χ4n) is 1.37. The minimum absolute atomic E-state index is 0.581. The van der Waals surface area contributed by atoms with E-state index in [0.29, 0.717) is 0 Å². The fourth-order valence-corrected chi connectivity index (χ4v) is 1.79. The van der Waals surface area contributed by atoms with Crippen LogP contribution in [-0.4, -0.2) is 5.11 Å². The summed E-state index contributed by atoms with van der Waals surface area (Å²) >= 11 is 3.37. The zero-order chi connectivity index (χ0) is 9.97. The highest BCUT2D eigenvalue weighted by atomic mass is 79.9. The van der Waals surface area contributed by atoms with Crippen molar-refractivity contribution >= 4 is 15.9 Å². The molecule has 2 heteroatoms. The van der Waals surface area contributed by atoms with Crippen LogP contribution in [0.25, 0.3) is 0 Å². The minimum Gasteiger partial charge on any atom is -0.383 e. The smallest absolute Gasteiger partial charge is 0.111 e. The summed E-state index contributed by atoms with van der Waals surface area (Å²) in [5, 5.41) is 9.95. The number of rotatable bonds is 2. The first kappa shape index (κ1) is 9.47. The SMILES string of the molecule is OC(C1=C=CC=C1)c1cccc(Br)c1. The number of halogens is 1. The third-order valence-corrected chi connectivity index (χ3v) is 2.57. The molecule has 1 aromatic carbocycles. The zero-order valence-corrected chi connectivity index (χ0v) is 9.03. The normalized spacial score (nSPS) is 15.7. The van der Waals surface area contributed by atoms with Gasteiger partial charge in [0, 0.05) is 10.0 Å². The highest BCUT2D eigenvalue weighted by Crippen LogP contribution is 2.25. The average molecular weight is 249 g/mol. The van der Waals surface area contributed by atoms with Gasteiger partial charge in [-0.15, -0.1) is 5.73 Å². The van der Waals surface area contributed by atoms with E-state index in [0.717, 1.165) is 15.6 Å². The monoisotopic (exact) mass is 248 g/mol. The number of aliphatic hydroxyl groups excluding tert-OH is 1. The van der Waals surface area contributed by atoms with Crippen molar-refractivity contribution in [1.29, 1.82) is 0 Å². The van der Waals surface area contributed by atoms with Crippen molar-refractivity contribution in [3.05, 3.63) is 63.8 Å². The number of allylic oxidation sites excluding steroid dienone is 1. The fraction of sp³-hybridized carbons (Fsp3) is 0.0833. The van der Waals surface area contributed by atoms with Crippen LogP contribution in [0.3, 0.4) is 0 Å². The molecule has 14 heavy (non-hydrogen) atoms.